The van der Waals surface area contributed by atoms with E-state index in [1.807, 2.05) is 13.8 Å². The van der Waals surface area contributed by atoms with Gasteiger partial charge in [0.15, 0.2) is 0 Å². The monoisotopic (exact) mass is 245 g/mol. The van der Waals surface area contributed by atoms with Gasteiger partial charge < -0.3 is 15.5 Å². The summed E-state index contributed by atoms with van der Waals surface area (Å²) in [6.07, 6.45) is 2.16. The van der Waals surface area contributed by atoms with Gasteiger partial charge in [-0.3, -0.25) is 0 Å². The molecule has 1 heterocycles. The van der Waals surface area contributed by atoms with Crippen molar-refractivity contribution >= 4 is 17.4 Å². The number of hydrogen-bond acceptors (Lipinski definition) is 5. The van der Waals surface area contributed by atoms with Gasteiger partial charge in [0.25, 0.3) is 0 Å². The maximum absolute atomic E-state index is 9.30. The lowest BCUT2D eigenvalue weighted by atomic mass is 9.98. The van der Waals surface area contributed by atoms with Gasteiger partial charge in [-0.1, -0.05) is 6.92 Å². The van der Waals surface area contributed by atoms with Gasteiger partial charge in [0.1, 0.15) is 5.82 Å². The molecular formula is C10H16ClN3O2. The van der Waals surface area contributed by atoms with Crippen LogP contribution >= 0.6 is 11.6 Å². The molecule has 0 aromatic carbocycles. The quantitative estimate of drug-likeness (QED) is 0.674. The van der Waals surface area contributed by atoms with Crippen molar-refractivity contribution in [3.63, 3.8) is 0 Å². The molecule has 0 atom stereocenters. The van der Waals surface area contributed by atoms with Crippen molar-refractivity contribution in [3.05, 3.63) is 17.0 Å². The lowest BCUT2D eigenvalue weighted by molar-refractivity contribution is 0.132. The molecule has 0 amide bonds. The third kappa shape index (κ3) is 2.81. The molecule has 0 saturated heterocycles. The van der Waals surface area contributed by atoms with Crippen molar-refractivity contribution in [2.45, 2.75) is 25.8 Å². The third-order valence-corrected chi connectivity index (χ3v) is 2.79. The zero-order valence-electron chi connectivity index (χ0n) is 9.37. The fourth-order valence-corrected chi connectivity index (χ4v) is 1.37. The number of halogens is 1. The number of aliphatic hydroxyl groups is 2. The molecule has 0 aliphatic heterocycles. The van der Waals surface area contributed by atoms with Crippen molar-refractivity contribution in [2.24, 2.45) is 0 Å². The second-order valence-electron chi connectivity index (χ2n) is 3.75. The molecule has 6 heteroatoms. The molecule has 0 spiro atoms. The summed E-state index contributed by atoms with van der Waals surface area (Å²) >= 11 is 5.69. The van der Waals surface area contributed by atoms with Crippen LogP contribution in [-0.4, -0.2) is 38.9 Å². The molecule has 0 aliphatic carbocycles. The second-order valence-corrected chi connectivity index (χ2v) is 4.08. The number of anilines is 1. The Hall–Kier alpha value is -0.910. The Morgan fingerprint density at radius 1 is 1.44 bits per heavy atom. The number of aryl methyl sites for hydroxylation is 1. The molecule has 1 rings (SSSR count). The van der Waals surface area contributed by atoms with Gasteiger partial charge in [-0.05, 0) is 24.9 Å². The number of nitrogens with one attached hydrogen (secondary N) is 1. The predicted octanol–water partition coefficient (Wildman–Crippen LogP) is 0.984. The largest absolute Gasteiger partial charge is 0.394 e. The topological polar surface area (TPSA) is 78.3 Å². The Balaban J connectivity index is 2.97. The molecule has 1 aromatic rings. The molecule has 90 valence electrons. The maximum atomic E-state index is 9.30. The zero-order valence-corrected chi connectivity index (χ0v) is 10.1. The minimum Gasteiger partial charge on any atom is -0.394 e. The molecule has 0 fully saturated rings. The van der Waals surface area contributed by atoms with Gasteiger partial charge in [0.05, 0.1) is 18.8 Å². The first kappa shape index (κ1) is 13.2. The van der Waals surface area contributed by atoms with Crippen LogP contribution in [0.4, 0.5) is 5.82 Å². The number of nitrogens with zero attached hydrogens (tertiary/aromatic N) is 2. The Labute approximate surface area is 99.5 Å². The minimum atomic E-state index is -0.775. The Morgan fingerprint density at radius 2 is 2.06 bits per heavy atom. The van der Waals surface area contributed by atoms with Crippen molar-refractivity contribution in [1.82, 2.24) is 9.97 Å². The molecule has 3 N–H and O–H groups in total. The van der Waals surface area contributed by atoms with E-state index < -0.39 is 5.54 Å². The summed E-state index contributed by atoms with van der Waals surface area (Å²) in [5.74, 6) is 0.532. The van der Waals surface area contributed by atoms with Gasteiger partial charge in [-0.2, -0.15) is 0 Å². The normalized spacial score (nSPS) is 11.6. The molecule has 0 unspecified atom stereocenters. The molecular weight excluding hydrogens is 230 g/mol. The molecule has 0 bridgehead atoms. The lowest BCUT2D eigenvalue weighted by Gasteiger charge is -2.30. The first-order valence-electron chi connectivity index (χ1n) is 5.06. The van der Waals surface area contributed by atoms with Gasteiger partial charge in [0, 0.05) is 11.8 Å². The number of aromatic nitrogens is 2. The predicted molar refractivity (Wildman–Crippen MR) is 62.6 cm³/mol. The van der Waals surface area contributed by atoms with E-state index in [1.165, 1.54) is 0 Å². The van der Waals surface area contributed by atoms with E-state index >= 15 is 0 Å². The smallest absolute Gasteiger partial charge is 0.224 e. The van der Waals surface area contributed by atoms with E-state index in [-0.39, 0.29) is 18.5 Å². The van der Waals surface area contributed by atoms with Crippen LogP contribution in [-0.2, 0) is 0 Å². The SMILES string of the molecule is CCC(CO)(CO)Nc1nc(Cl)ncc1C. The number of hydrogen-bond donors (Lipinski definition) is 3. The molecule has 0 aliphatic rings. The van der Waals surface area contributed by atoms with Crippen molar-refractivity contribution in [3.8, 4) is 0 Å². The highest BCUT2D eigenvalue weighted by Gasteiger charge is 2.27. The van der Waals surface area contributed by atoms with Crippen LogP contribution < -0.4 is 5.32 Å². The van der Waals surface area contributed by atoms with E-state index in [0.717, 1.165) is 5.56 Å². The first-order valence-corrected chi connectivity index (χ1v) is 5.43. The van der Waals surface area contributed by atoms with E-state index in [0.29, 0.717) is 12.2 Å². The molecule has 0 radical (unpaired) electrons. The van der Waals surface area contributed by atoms with Crippen LogP contribution in [0.25, 0.3) is 0 Å². The average molecular weight is 246 g/mol. The summed E-state index contributed by atoms with van der Waals surface area (Å²) in [5, 5.41) is 21.7. The van der Waals surface area contributed by atoms with Crippen molar-refractivity contribution in [2.75, 3.05) is 18.5 Å². The minimum absolute atomic E-state index is 0.133. The highest BCUT2D eigenvalue weighted by molar-refractivity contribution is 6.28. The van der Waals surface area contributed by atoms with Crippen molar-refractivity contribution in [1.29, 1.82) is 0 Å². The zero-order chi connectivity index (χ0) is 12.2. The van der Waals surface area contributed by atoms with Gasteiger partial charge in [-0.25, -0.2) is 9.97 Å². The Bertz CT molecular complexity index is 348. The van der Waals surface area contributed by atoms with E-state index in [9.17, 15) is 10.2 Å². The van der Waals surface area contributed by atoms with Crippen LogP contribution in [0.15, 0.2) is 6.20 Å². The molecule has 16 heavy (non-hydrogen) atoms. The summed E-state index contributed by atoms with van der Waals surface area (Å²) in [6, 6.07) is 0. The van der Waals surface area contributed by atoms with Crippen LogP contribution in [0, 0.1) is 6.92 Å². The van der Waals surface area contributed by atoms with Crippen LogP contribution in [0.3, 0.4) is 0 Å². The summed E-state index contributed by atoms with van der Waals surface area (Å²) in [7, 11) is 0. The third-order valence-electron chi connectivity index (χ3n) is 2.61. The molecule has 5 nitrogen and oxygen atoms in total. The summed E-state index contributed by atoms with van der Waals surface area (Å²) in [4.78, 5) is 7.86. The summed E-state index contributed by atoms with van der Waals surface area (Å²) in [6.45, 7) is 3.34. The van der Waals surface area contributed by atoms with E-state index in [2.05, 4.69) is 15.3 Å². The Morgan fingerprint density at radius 3 is 2.56 bits per heavy atom. The first-order chi connectivity index (χ1) is 7.56. The summed E-state index contributed by atoms with van der Waals surface area (Å²) < 4.78 is 0. The van der Waals surface area contributed by atoms with Crippen LogP contribution in [0.2, 0.25) is 5.28 Å². The van der Waals surface area contributed by atoms with Crippen molar-refractivity contribution < 1.29 is 10.2 Å². The second kappa shape index (κ2) is 5.43. The van der Waals surface area contributed by atoms with Gasteiger partial charge in [-0.15, -0.1) is 0 Å². The summed E-state index contributed by atoms with van der Waals surface area (Å²) in [5.41, 5.74) is 0.0340. The van der Waals surface area contributed by atoms with Gasteiger partial charge in [0.2, 0.25) is 5.28 Å². The highest BCUT2D eigenvalue weighted by atomic mass is 35.5. The number of rotatable bonds is 5. The Kier molecular flexibility index (Phi) is 4.46. The lowest BCUT2D eigenvalue weighted by Crippen LogP contribution is -2.45. The van der Waals surface area contributed by atoms with Crippen LogP contribution in [0.5, 0.6) is 0 Å². The van der Waals surface area contributed by atoms with Crippen LogP contribution in [0.1, 0.15) is 18.9 Å². The molecule has 1 aromatic heterocycles. The number of aliphatic hydroxyl groups excluding tert-OH is 2. The average Bonchev–Trinajstić information content (AvgIpc) is 2.31. The molecule has 0 saturated carbocycles. The maximum Gasteiger partial charge on any atom is 0.224 e. The standard InChI is InChI=1S/C10H16ClN3O2/c1-3-10(5-15,6-16)14-8-7(2)4-12-9(11)13-8/h4,15-16H,3,5-6H2,1-2H3,(H,12,13,14). The fraction of sp³-hybridized carbons (Fsp3) is 0.600. The van der Waals surface area contributed by atoms with Gasteiger partial charge >= 0.3 is 0 Å². The van der Waals surface area contributed by atoms with E-state index in [1.54, 1.807) is 6.20 Å². The fourth-order valence-electron chi connectivity index (χ4n) is 1.24. The highest BCUT2D eigenvalue weighted by Crippen LogP contribution is 2.20. The van der Waals surface area contributed by atoms with E-state index in [4.69, 9.17) is 11.6 Å².